The topological polar surface area (TPSA) is 113 Å². The van der Waals surface area contributed by atoms with Crippen molar-refractivity contribution in [2.75, 3.05) is 30.3 Å². The number of hydrogen-bond donors (Lipinski definition) is 3. The molecule has 0 fully saturated rings. The first-order valence-electron chi connectivity index (χ1n) is 11.7. The van der Waals surface area contributed by atoms with Crippen LogP contribution in [0.25, 0.3) is 0 Å². The molecule has 0 saturated carbocycles. The highest BCUT2D eigenvalue weighted by atomic mass is 19.1. The molecule has 0 spiro atoms. The molecule has 0 unspecified atom stereocenters. The average Bonchev–Trinajstić information content (AvgIpc) is 2.82. The Labute approximate surface area is 203 Å². The highest BCUT2D eigenvalue weighted by Gasteiger charge is 2.21. The number of aromatic amines is 1. The van der Waals surface area contributed by atoms with Crippen LogP contribution in [0.2, 0.25) is 0 Å². The Hall–Kier alpha value is -3.88. The second-order valence-corrected chi connectivity index (χ2v) is 8.90. The van der Waals surface area contributed by atoms with Crippen molar-refractivity contribution in [2.45, 2.75) is 33.2 Å². The number of nitrogens with one attached hydrogen (secondary N) is 2. The maximum Gasteiger partial charge on any atom is 0.330 e. The van der Waals surface area contributed by atoms with E-state index in [0.29, 0.717) is 25.4 Å². The van der Waals surface area contributed by atoms with Gasteiger partial charge in [-0.15, -0.1) is 0 Å². The van der Waals surface area contributed by atoms with E-state index < -0.39 is 11.2 Å². The molecule has 3 aromatic rings. The standard InChI is InChI=1S/C26H32FN5O3/c1-18(2)13-15-31(17-22(33)29-14-12-19-8-10-21(27)11-9-19)23-24(28)32(26(35)30-25(23)34)16-20-6-4-3-5-7-20/h3-11,18H,12-17,28H2,1-2H3,(H,29,33)(H,30,34,35). The SMILES string of the molecule is CC(C)CCN(CC(=O)NCCc1ccc(F)cc1)c1c(N)n(Cc2ccccc2)c(=O)[nH]c1=O. The van der Waals surface area contributed by atoms with Crippen LogP contribution in [0, 0.1) is 11.7 Å². The Kier molecular flexibility index (Phi) is 8.83. The Bertz CT molecular complexity index is 1240. The fourth-order valence-electron chi connectivity index (χ4n) is 3.72. The van der Waals surface area contributed by atoms with E-state index in [1.165, 1.54) is 16.7 Å². The van der Waals surface area contributed by atoms with E-state index in [1.54, 1.807) is 17.0 Å². The van der Waals surface area contributed by atoms with Gasteiger partial charge in [0.05, 0.1) is 13.1 Å². The molecule has 186 valence electrons. The van der Waals surface area contributed by atoms with Crippen molar-refractivity contribution < 1.29 is 9.18 Å². The Balaban J connectivity index is 1.79. The average molecular weight is 482 g/mol. The highest BCUT2D eigenvalue weighted by Crippen LogP contribution is 2.19. The molecule has 9 heteroatoms. The summed E-state index contributed by atoms with van der Waals surface area (Å²) in [6, 6.07) is 15.4. The van der Waals surface area contributed by atoms with Gasteiger partial charge in [0.15, 0.2) is 0 Å². The third-order valence-corrected chi connectivity index (χ3v) is 5.67. The van der Waals surface area contributed by atoms with Gasteiger partial charge in [-0.05, 0) is 42.0 Å². The molecular weight excluding hydrogens is 449 g/mol. The molecule has 0 radical (unpaired) electrons. The van der Waals surface area contributed by atoms with Crippen LogP contribution in [0.4, 0.5) is 15.9 Å². The first-order valence-corrected chi connectivity index (χ1v) is 11.7. The Morgan fingerprint density at radius 3 is 2.43 bits per heavy atom. The molecule has 0 aliphatic rings. The lowest BCUT2D eigenvalue weighted by atomic mass is 10.1. The summed E-state index contributed by atoms with van der Waals surface area (Å²) in [6.07, 6.45) is 1.27. The summed E-state index contributed by atoms with van der Waals surface area (Å²) in [7, 11) is 0. The van der Waals surface area contributed by atoms with E-state index in [-0.39, 0.29) is 36.3 Å². The van der Waals surface area contributed by atoms with Gasteiger partial charge in [-0.1, -0.05) is 56.3 Å². The van der Waals surface area contributed by atoms with Gasteiger partial charge in [-0.25, -0.2) is 9.18 Å². The number of aromatic nitrogens is 2. The van der Waals surface area contributed by atoms with Crippen molar-refractivity contribution in [1.29, 1.82) is 0 Å². The molecular formula is C26H32FN5O3. The summed E-state index contributed by atoms with van der Waals surface area (Å²) in [6.45, 7) is 4.97. The molecule has 1 aromatic heterocycles. The van der Waals surface area contributed by atoms with Crippen molar-refractivity contribution in [3.05, 3.63) is 92.4 Å². The van der Waals surface area contributed by atoms with Gasteiger partial charge in [0.2, 0.25) is 5.91 Å². The molecule has 8 nitrogen and oxygen atoms in total. The van der Waals surface area contributed by atoms with Gasteiger partial charge in [0, 0.05) is 13.1 Å². The van der Waals surface area contributed by atoms with Crippen LogP contribution in [0.3, 0.4) is 0 Å². The summed E-state index contributed by atoms with van der Waals surface area (Å²) in [4.78, 5) is 42.1. The van der Waals surface area contributed by atoms with E-state index in [9.17, 15) is 18.8 Å². The fourth-order valence-corrected chi connectivity index (χ4v) is 3.72. The minimum absolute atomic E-state index is 0.0190. The molecule has 2 aromatic carbocycles. The van der Waals surface area contributed by atoms with Crippen LogP contribution in [0.5, 0.6) is 0 Å². The molecule has 3 rings (SSSR count). The second kappa shape index (κ2) is 12.0. The quantitative estimate of drug-likeness (QED) is 0.390. The Morgan fingerprint density at radius 2 is 1.77 bits per heavy atom. The Morgan fingerprint density at radius 1 is 1.09 bits per heavy atom. The maximum absolute atomic E-state index is 13.1. The van der Waals surface area contributed by atoms with E-state index in [1.807, 2.05) is 44.2 Å². The first kappa shape index (κ1) is 25.7. The fraction of sp³-hybridized carbons (Fsp3) is 0.346. The number of benzene rings is 2. The van der Waals surface area contributed by atoms with Crippen LogP contribution in [0.1, 0.15) is 31.4 Å². The monoisotopic (exact) mass is 481 g/mol. The van der Waals surface area contributed by atoms with Crippen molar-refractivity contribution in [1.82, 2.24) is 14.9 Å². The molecule has 0 aliphatic carbocycles. The van der Waals surface area contributed by atoms with Crippen LogP contribution in [-0.2, 0) is 17.8 Å². The first-order chi connectivity index (χ1) is 16.7. The number of amides is 1. The molecule has 0 saturated heterocycles. The van der Waals surface area contributed by atoms with Crippen LogP contribution < -0.4 is 27.2 Å². The molecule has 1 amide bonds. The van der Waals surface area contributed by atoms with Crippen molar-refractivity contribution in [3.8, 4) is 0 Å². The van der Waals surface area contributed by atoms with E-state index in [2.05, 4.69) is 10.3 Å². The minimum Gasteiger partial charge on any atom is -0.383 e. The van der Waals surface area contributed by atoms with Crippen LogP contribution in [-0.4, -0.2) is 35.1 Å². The van der Waals surface area contributed by atoms with Crippen molar-refractivity contribution in [2.24, 2.45) is 5.92 Å². The van der Waals surface area contributed by atoms with Crippen molar-refractivity contribution >= 4 is 17.4 Å². The zero-order valence-corrected chi connectivity index (χ0v) is 20.1. The number of anilines is 2. The lowest BCUT2D eigenvalue weighted by molar-refractivity contribution is -0.119. The van der Waals surface area contributed by atoms with Gasteiger partial charge in [0.1, 0.15) is 17.3 Å². The normalized spacial score (nSPS) is 11.0. The van der Waals surface area contributed by atoms with Crippen molar-refractivity contribution in [3.63, 3.8) is 0 Å². The molecule has 0 bridgehead atoms. The number of nitrogen functional groups attached to an aromatic ring is 1. The summed E-state index contributed by atoms with van der Waals surface area (Å²) in [5.74, 6) is -0.245. The molecule has 35 heavy (non-hydrogen) atoms. The third kappa shape index (κ3) is 7.30. The number of rotatable bonds is 11. The molecule has 0 atom stereocenters. The largest absolute Gasteiger partial charge is 0.383 e. The van der Waals surface area contributed by atoms with Crippen LogP contribution >= 0.6 is 0 Å². The number of hydrogen-bond acceptors (Lipinski definition) is 5. The number of nitrogens with two attached hydrogens (primary N) is 1. The number of carbonyl (C=O) groups excluding carboxylic acids is 1. The number of nitrogens with zero attached hydrogens (tertiary/aromatic N) is 2. The summed E-state index contributed by atoms with van der Waals surface area (Å²) in [5.41, 5.74) is 6.97. The van der Waals surface area contributed by atoms with Gasteiger partial charge in [-0.2, -0.15) is 0 Å². The third-order valence-electron chi connectivity index (χ3n) is 5.67. The lowest BCUT2D eigenvalue weighted by Gasteiger charge is -2.26. The van der Waals surface area contributed by atoms with Gasteiger partial charge in [-0.3, -0.25) is 19.1 Å². The van der Waals surface area contributed by atoms with Gasteiger partial charge in [0.25, 0.3) is 5.56 Å². The highest BCUT2D eigenvalue weighted by molar-refractivity contribution is 5.82. The smallest absolute Gasteiger partial charge is 0.330 e. The predicted molar refractivity (Wildman–Crippen MR) is 136 cm³/mol. The maximum atomic E-state index is 13.1. The second-order valence-electron chi connectivity index (χ2n) is 8.90. The zero-order valence-electron chi connectivity index (χ0n) is 20.1. The van der Waals surface area contributed by atoms with Crippen LogP contribution in [0.15, 0.2) is 64.2 Å². The predicted octanol–water partition coefficient (Wildman–Crippen LogP) is 2.52. The molecule has 4 N–H and O–H groups in total. The minimum atomic E-state index is -0.625. The van der Waals surface area contributed by atoms with E-state index >= 15 is 0 Å². The number of H-pyrrole nitrogens is 1. The number of carbonyl (C=O) groups is 1. The van der Waals surface area contributed by atoms with E-state index in [4.69, 9.17) is 5.73 Å². The van der Waals surface area contributed by atoms with E-state index in [0.717, 1.165) is 17.5 Å². The summed E-state index contributed by atoms with van der Waals surface area (Å²) < 4.78 is 14.4. The zero-order chi connectivity index (χ0) is 25.4. The van der Waals surface area contributed by atoms with Gasteiger partial charge < -0.3 is 16.0 Å². The number of halogens is 1. The molecule has 0 aliphatic heterocycles. The van der Waals surface area contributed by atoms with Gasteiger partial charge >= 0.3 is 5.69 Å². The molecule has 1 heterocycles. The lowest BCUT2D eigenvalue weighted by Crippen LogP contribution is -2.44. The summed E-state index contributed by atoms with van der Waals surface area (Å²) in [5, 5.41) is 2.84. The summed E-state index contributed by atoms with van der Waals surface area (Å²) >= 11 is 0.